The van der Waals surface area contributed by atoms with E-state index in [-0.39, 0.29) is 5.91 Å². The van der Waals surface area contributed by atoms with Crippen LogP contribution in [0.2, 0.25) is 0 Å². The van der Waals surface area contributed by atoms with Crippen LogP contribution in [0.3, 0.4) is 0 Å². The molecule has 0 saturated carbocycles. The van der Waals surface area contributed by atoms with Crippen molar-refractivity contribution in [1.82, 2.24) is 4.90 Å². The van der Waals surface area contributed by atoms with E-state index in [1.54, 1.807) is 4.90 Å². The summed E-state index contributed by atoms with van der Waals surface area (Å²) in [4.78, 5) is 39.4. The standard InChI is InChI=1S/C19H26N2O4/c1-12(2)13-6-8-14(9-7-13)21-11-10-15(17(21)23)16(22)20(5)19(3,4)18(24)25/h6-9,12,15H,10-11H2,1-5H3,(H,24,25). The summed E-state index contributed by atoms with van der Waals surface area (Å²) in [6, 6.07) is 7.76. The molecule has 2 amide bonds. The van der Waals surface area contributed by atoms with Crippen LogP contribution < -0.4 is 4.90 Å². The predicted molar refractivity (Wildman–Crippen MR) is 95.5 cm³/mol. The first-order valence-corrected chi connectivity index (χ1v) is 8.49. The van der Waals surface area contributed by atoms with E-state index in [2.05, 4.69) is 13.8 Å². The zero-order chi connectivity index (χ0) is 18.9. The third-order valence-electron chi connectivity index (χ3n) is 5.07. The van der Waals surface area contributed by atoms with Crippen LogP contribution in [-0.4, -0.2) is 46.9 Å². The Morgan fingerprint density at radius 1 is 1.24 bits per heavy atom. The fraction of sp³-hybridized carbons (Fsp3) is 0.526. The van der Waals surface area contributed by atoms with Crippen molar-refractivity contribution in [3.05, 3.63) is 29.8 Å². The number of nitrogens with zero attached hydrogens (tertiary/aromatic N) is 2. The van der Waals surface area contributed by atoms with Gasteiger partial charge in [0.05, 0.1) is 0 Å². The summed E-state index contributed by atoms with van der Waals surface area (Å²) < 4.78 is 0. The maximum Gasteiger partial charge on any atom is 0.329 e. The van der Waals surface area contributed by atoms with Crippen LogP contribution in [0.25, 0.3) is 0 Å². The molecule has 2 rings (SSSR count). The molecule has 1 heterocycles. The van der Waals surface area contributed by atoms with Gasteiger partial charge < -0.3 is 14.9 Å². The van der Waals surface area contributed by atoms with Gasteiger partial charge in [-0.2, -0.15) is 0 Å². The summed E-state index contributed by atoms with van der Waals surface area (Å²) in [6.07, 6.45) is 0.392. The molecule has 1 aliphatic rings. The summed E-state index contributed by atoms with van der Waals surface area (Å²) in [5.74, 6) is -2.23. The number of carbonyl (C=O) groups excluding carboxylic acids is 2. The minimum Gasteiger partial charge on any atom is -0.480 e. The van der Waals surface area contributed by atoms with Gasteiger partial charge in [0.15, 0.2) is 0 Å². The Kier molecular flexibility index (Phi) is 5.20. The van der Waals surface area contributed by atoms with Crippen molar-refractivity contribution in [3.8, 4) is 0 Å². The molecule has 0 aliphatic carbocycles. The second kappa shape index (κ2) is 6.86. The molecule has 1 aliphatic heterocycles. The van der Waals surface area contributed by atoms with Crippen molar-refractivity contribution in [1.29, 1.82) is 0 Å². The molecule has 1 fully saturated rings. The van der Waals surface area contributed by atoms with Crippen molar-refractivity contribution >= 4 is 23.5 Å². The second-order valence-electron chi connectivity index (χ2n) is 7.34. The number of carbonyl (C=O) groups is 3. The summed E-state index contributed by atoms with van der Waals surface area (Å²) in [6.45, 7) is 7.57. The molecule has 25 heavy (non-hydrogen) atoms. The molecule has 0 bridgehead atoms. The number of carboxylic acids is 1. The largest absolute Gasteiger partial charge is 0.480 e. The lowest BCUT2D eigenvalue weighted by Crippen LogP contribution is -2.53. The number of aliphatic carboxylic acids is 1. The van der Waals surface area contributed by atoms with Crippen molar-refractivity contribution in [2.45, 2.75) is 45.6 Å². The minimum absolute atomic E-state index is 0.268. The SMILES string of the molecule is CC(C)c1ccc(N2CCC(C(=O)N(C)C(C)(C)C(=O)O)C2=O)cc1. The molecular formula is C19H26N2O4. The van der Waals surface area contributed by atoms with E-state index in [0.717, 1.165) is 10.6 Å². The van der Waals surface area contributed by atoms with Gasteiger partial charge in [0.1, 0.15) is 11.5 Å². The first kappa shape index (κ1) is 19.0. The third kappa shape index (κ3) is 3.52. The van der Waals surface area contributed by atoms with Crippen LogP contribution in [0.4, 0.5) is 5.69 Å². The van der Waals surface area contributed by atoms with Gasteiger partial charge in [-0.15, -0.1) is 0 Å². The maximum absolute atomic E-state index is 12.7. The second-order valence-corrected chi connectivity index (χ2v) is 7.34. The zero-order valence-electron chi connectivity index (χ0n) is 15.4. The Balaban J connectivity index is 2.16. The lowest BCUT2D eigenvalue weighted by molar-refractivity contribution is -0.157. The highest BCUT2D eigenvalue weighted by Gasteiger charge is 2.44. The molecule has 1 saturated heterocycles. The zero-order valence-corrected chi connectivity index (χ0v) is 15.4. The first-order valence-electron chi connectivity index (χ1n) is 8.49. The van der Waals surface area contributed by atoms with Crippen molar-refractivity contribution < 1.29 is 19.5 Å². The van der Waals surface area contributed by atoms with Crippen LogP contribution >= 0.6 is 0 Å². The molecule has 6 nitrogen and oxygen atoms in total. The fourth-order valence-electron chi connectivity index (χ4n) is 2.86. The van der Waals surface area contributed by atoms with Gasteiger partial charge in [-0.3, -0.25) is 9.59 Å². The van der Waals surface area contributed by atoms with E-state index in [1.165, 1.54) is 26.5 Å². The third-order valence-corrected chi connectivity index (χ3v) is 5.07. The fourth-order valence-corrected chi connectivity index (χ4v) is 2.86. The number of rotatable bonds is 5. The monoisotopic (exact) mass is 346 g/mol. The number of carboxylic acid groups (broad SMARTS) is 1. The predicted octanol–water partition coefficient (Wildman–Crippen LogP) is 2.48. The van der Waals surface area contributed by atoms with Crippen LogP contribution in [0.5, 0.6) is 0 Å². The van der Waals surface area contributed by atoms with Gasteiger partial charge >= 0.3 is 5.97 Å². The summed E-state index contributed by atoms with van der Waals surface area (Å²) >= 11 is 0. The highest BCUT2D eigenvalue weighted by Crippen LogP contribution is 2.29. The number of amides is 2. The average molecular weight is 346 g/mol. The highest BCUT2D eigenvalue weighted by molar-refractivity contribution is 6.10. The van der Waals surface area contributed by atoms with E-state index in [0.29, 0.717) is 18.9 Å². The van der Waals surface area contributed by atoms with E-state index >= 15 is 0 Å². The van der Waals surface area contributed by atoms with E-state index in [1.807, 2.05) is 24.3 Å². The lowest BCUT2D eigenvalue weighted by Gasteiger charge is -2.33. The van der Waals surface area contributed by atoms with Gasteiger partial charge in [-0.1, -0.05) is 26.0 Å². The van der Waals surface area contributed by atoms with Crippen LogP contribution in [0.1, 0.15) is 45.6 Å². The Labute approximate surface area is 148 Å². The van der Waals surface area contributed by atoms with Gasteiger partial charge in [0, 0.05) is 19.3 Å². The van der Waals surface area contributed by atoms with Gasteiger partial charge in [0.2, 0.25) is 11.8 Å². The van der Waals surface area contributed by atoms with Crippen LogP contribution in [-0.2, 0) is 14.4 Å². The van der Waals surface area contributed by atoms with E-state index in [9.17, 15) is 19.5 Å². The molecule has 1 atom stereocenters. The molecular weight excluding hydrogens is 320 g/mol. The van der Waals surface area contributed by atoms with E-state index in [4.69, 9.17) is 0 Å². The molecule has 1 unspecified atom stereocenters. The molecule has 136 valence electrons. The van der Waals surface area contributed by atoms with Crippen LogP contribution in [0.15, 0.2) is 24.3 Å². The maximum atomic E-state index is 12.7. The van der Waals surface area contributed by atoms with Crippen molar-refractivity contribution in [3.63, 3.8) is 0 Å². The minimum atomic E-state index is -1.36. The molecule has 1 aromatic carbocycles. The summed E-state index contributed by atoms with van der Waals surface area (Å²) in [7, 11) is 1.43. The topological polar surface area (TPSA) is 77.9 Å². The number of hydrogen-bond acceptors (Lipinski definition) is 3. The molecule has 6 heteroatoms. The molecule has 1 N–H and O–H groups in total. The number of likely N-dealkylation sites (N-methyl/N-ethyl adjacent to an activating group) is 1. The molecule has 0 spiro atoms. The molecule has 0 aromatic heterocycles. The number of anilines is 1. The first-order chi connectivity index (χ1) is 11.6. The van der Waals surface area contributed by atoms with Gasteiger partial charge in [-0.25, -0.2) is 4.79 Å². The lowest BCUT2D eigenvalue weighted by atomic mass is 9.99. The van der Waals surface area contributed by atoms with Crippen molar-refractivity contribution in [2.75, 3.05) is 18.5 Å². The summed E-state index contributed by atoms with van der Waals surface area (Å²) in [5.41, 5.74) is 0.597. The Morgan fingerprint density at radius 2 is 1.80 bits per heavy atom. The Morgan fingerprint density at radius 3 is 2.28 bits per heavy atom. The smallest absolute Gasteiger partial charge is 0.329 e. The van der Waals surface area contributed by atoms with E-state index < -0.39 is 23.3 Å². The Bertz CT molecular complexity index is 679. The van der Waals surface area contributed by atoms with Gasteiger partial charge in [-0.05, 0) is 43.9 Å². The quantitative estimate of drug-likeness (QED) is 0.831. The molecule has 1 aromatic rings. The average Bonchev–Trinajstić information content (AvgIpc) is 2.94. The van der Waals surface area contributed by atoms with Crippen molar-refractivity contribution in [2.24, 2.45) is 5.92 Å². The Hall–Kier alpha value is -2.37. The van der Waals surface area contributed by atoms with Crippen LogP contribution in [0, 0.1) is 5.92 Å². The summed E-state index contributed by atoms with van der Waals surface area (Å²) in [5, 5.41) is 9.28. The molecule has 0 radical (unpaired) electrons. The number of benzene rings is 1. The normalized spacial score (nSPS) is 17.9. The number of hydrogen-bond donors (Lipinski definition) is 1. The highest BCUT2D eigenvalue weighted by atomic mass is 16.4. The van der Waals surface area contributed by atoms with Gasteiger partial charge in [0.25, 0.3) is 0 Å².